The second-order valence-electron chi connectivity index (χ2n) is 7.57. The van der Waals surface area contributed by atoms with E-state index in [2.05, 4.69) is 5.32 Å². The Bertz CT molecular complexity index is 990. The molecule has 0 saturated carbocycles. The van der Waals surface area contributed by atoms with Crippen LogP contribution in [0.25, 0.3) is 0 Å². The van der Waals surface area contributed by atoms with E-state index in [-0.39, 0.29) is 18.3 Å². The maximum absolute atomic E-state index is 12.5. The highest BCUT2D eigenvalue weighted by molar-refractivity contribution is 7.92. The van der Waals surface area contributed by atoms with E-state index in [1.807, 2.05) is 38.1 Å². The number of sulfonamides is 1. The van der Waals surface area contributed by atoms with Gasteiger partial charge in [0.05, 0.1) is 32.3 Å². The Morgan fingerprint density at radius 3 is 2.25 bits per heavy atom. The van der Waals surface area contributed by atoms with Gasteiger partial charge in [0.15, 0.2) is 0 Å². The number of amides is 1. The first kappa shape index (κ1) is 25.3. The molecule has 0 spiro atoms. The summed E-state index contributed by atoms with van der Waals surface area (Å²) in [6.07, 6.45) is 2.68. The van der Waals surface area contributed by atoms with Crippen molar-refractivity contribution in [3.63, 3.8) is 0 Å². The van der Waals surface area contributed by atoms with Crippen LogP contribution in [0, 0.1) is 0 Å². The van der Waals surface area contributed by atoms with Crippen LogP contribution in [0.15, 0.2) is 42.5 Å². The van der Waals surface area contributed by atoms with Gasteiger partial charge in [0.2, 0.25) is 15.9 Å². The van der Waals surface area contributed by atoms with Crippen molar-refractivity contribution in [2.45, 2.75) is 32.8 Å². The van der Waals surface area contributed by atoms with Crippen LogP contribution in [0.1, 0.15) is 25.8 Å². The second kappa shape index (κ2) is 11.6. The zero-order valence-electron chi connectivity index (χ0n) is 19.3. The molecular weight excluding hydrogens is 432 g/mol. The predicted molar refractivity (Wildman–Crippen MR) is 125 cm³/mol. The van der Waals surface area contributed by atoms with Crippen LogP contribution in [0.4, 0.5) is 5.69 Å². The lowest BCUT2D eigenvalue weighted by molar-refractivity contribution is -0.119. The Hall–Kier alpha value is -2.94. The lowest BCUT2D eigenvalue weighted by atomic mass is 10.1. The molecule has 0 aliphatic rings. The molecule has 0 aromatic heterocycles. The third-order valence-electron chi connectivity index (χ3n) is 4.60. The summed E-state index contributed by atoms with van der Waals surface area (Å²) in [5.41, 5.74) is 1.41. The van der Waals surface area contributed by atoms with Gasteiger partial charge in [-0.1, -0.05) is 12.1 Å². The molecule has 0 atom stereocenters. The van der Waals surface area contributed by atoms with Crippen LogP contribution in [-0.4, -0.2) is 54.0 Å². The van der Waals surface area contributed by atoms with Gasteiger partial charge in [-0.15, -0.1) is 0 Å². The molecule has 0 bridgehead atoms. The summed E-state index contributed by atoms with van der Waals surface area (Å²) in [6.45, 7) is 4.04. The minimum absolute atomic E-state index is 0.125. The summed E-state index contributed by atoms with van der Waals surface area (Å²) in [5.74, 6) is 1.25. The van der Waals surface area contributed by atoms with Crippen LogP contribution in [-0.2, 0) is 21.2 Å². The van der Waals surface area contributed by atoms with Crippen molar-refractivity contribution >= 4 is 21.6 Å². The molecule has 32 heavy (non-hydrogen) atoms. The van der Waals surface area contributed by atoms with Gasteiger partial charge in [-0.2, -0.15) is 0 Å². The van der Waals surface area contributed by atoms with Gasteiger partial charge in [0.1, 0.15) is 23.8 Å². The normalized spacial score (nSPS) is 11.2. The van der Waals surface area contributed by atoms with Gasteiger partial charge in [-0.05, 0) is 56.5 Å². The quantitative estimate of drug-likeness (QED) is 0.486. The van der Waals surface area contributed by atoms with E-state index >= 15 is 0 Å². The molecule has 0 aliphatic carbocycles. The first-order chi connectivity index (χ1) is 15.1. The third kappa shape index (κ3) is 7.64. The van der Waals surface area contributed by atoms with Gasteiger partial charge in [-0.25, -0.2) is 8.42 Å². The highest BCUT2D eigenvalue weighted by Gasteiger charge is 2.24. The molecule has 2 aromatic rings. The molecule has 0 saturated heterocycles. The smallest absolute Gasteiger partial charge is 0.240 e. The van der Waals surface area contributed by atoms with Gasteiger partial charge in [0, 0.05) is 12.6 Å². The van der Waals surface area contributed by atoms with Crippen LogP contribution >= 0.6 is 0 Å². The minimum Gasteiger partial charge on any atom is -0.497 e. The van der Waals surface area contributed by atoms with E-state index in [0.717, 1.165) is 34.7 Å². The predicted octanol–water partition coefficient (Wildman–Crippen LogP) is 3.01. The van der Waals surface area contributed by atoms with Crippen molar-refractivity contribution < 1.29 is 27.4 Å². The second-order valence-corrected chi connectivity index (χ2v) is 9.48. The lowest BCUT2D eigenvalue weighted by Gasteiger charge is -2.24. The molecule has 176 valence electrons. The highest BCUT2D eigenvalue weighted by Crippen LogP contribution is 2.33. The van der Waals surface area contributed by atoms with E-state index in [4.69, 9.17) is 14.2 Å². The molecule has 8 nitrogen and oxygen atoms in total. The standard InChI is InChI=1S/C23H32N2O6S/c1-17(2)31-19-10-8-18(9-11-19)7-6-14-24-23(26)16-25(32(5,27)28)21-13-12-20(29-3)15-22(21)30-4/h8-13,15,17H,6-7,14,16H2,1-5H3,(H,24,26). The van der Waals surface area contributed by atoms with Crippen molar-refractivity contribution in [2.24, 2.45) is 0 Å². The fraction of sp³-hybridized carbons (Fsp3) is 0.435. The summed E-state index contributed by atoms with van der Waals surface area (Å²) in [4.78, 5) is 12.5. The van der Waals surface area contributed by atoms with Gasteiger partial charge >= 0.3 is 0 Å². The topological polar surface area (TPSA) is 94.2 Å². The number of carbonyl (C=O) groups excluding carboxylic acids is 1. The van der Waals surface area contributed by atoms with Crippen molar-refractivity contribution in [1.29, 1.82) is 0 Å². The van der Waals surface area contributed by atoms with Crippen LogP contribution < -0.4 is 23.8 Å². The SMILES string of the molecule is COc1ccc(N(CC(=O)NCCCc2ccc(OC(C)C)cc2)S(C)(=O)=O)c(OC)c1. The summed E-state index contributed by atoms with van der Waals surface area (Å²) >= 11 is 0. The zero-order valence-corrected chi connectivity index (χ0v) is 20.1. The van der Waals surface area contributed by atoms with Crippen molar-refractivity contribution in [2.75, 3.05) is 37.9 Å². The zero-order chi connectivity index (χ0) is 23.7. The Balaban J connectivity index is 1.93. The lowest BCUT2D eigenvalue weighted by Crippen LogP contribution is -2.40. The van der Waals surface area contributed by atoms with E-state index in [0.29, 0.717) is 18.0 Å². The van der Waals surface area contributed by atoms with E-state index in [1.54, 1.807) is 18.2 Å². The molecule has 0 fully saturated rings. The Morgan fingerprint density at radius 1 is 1.03 bits per heavy atom. The number of hydrogen-bond acceptors (Lipinski definition) is 6. The Kier molecular flexibility index (Phi) is 9.19. The van der Waals surface area contributed by atoms with Crippen molar-refractivity contribution in [1.82, 2.24) is 5.32 Å². The number of nitrogens with one attached hydrogen (secondary N) is 1. The number of methoxy groups -OCH3 is 2. The molecule has 0 radical (unpaired) electrons. The first-order valence-electron chi connectivity index (χ1n) is 10.4. The maximum Gasteiger partial charge on any atom is 0.240 e. The number of rotatable bonds is 12. The average Bonchev–Trinajstić information content (AvgIpc) is 2.74. The molecule has 0 heterocycles. The molecule has 0 aliphatic heterocycles. The molecule has 2 aromatic carbocycles. The van der Waals surface area contributed by atoms with Gasteiger partial charge in [0.25, 0.3) is 0 Å². The number of anilines is 1. The number of ether oxygens (including phenoxy) is 3. The van der Waals surface area contributed by atoms with E-state index in [1.165, 1.54) is 14.2 Å². The number of nitrogens with zero attached hydrogens (tertiary/aromatic N) is 1. The van der Waals surface area contributed by atoms with E-state index in [9.17, 15) is 13.2 Å². The summed E-state index contributed by atoms with van der Waals surface area (Å²) in [6, 6.07) is 12.6. The largest absolute Gasteiger partial charge is 0.497 e. The number of benzene rings is 2. The van der Waals surface area contributed by atoms with Gasteiger partial charge in [-0.3, -0.25) is 9.10 Å². The molecular formula is C23H32N2O6S. The number of aryl methyl sites for hydroxylation is 1. The summed E-state index contributed by atoms with van der Waals surface area (Å²) in [5, 5.41) is 2.79. The molecule has 2 rings (SSSR count). The van der Waals surface area contributed by atoms with Crippen LogP contribution in [0.3, 0.4) is 0 Å². The Labute approximate surface area is 190 Å². The molecule has 1 N–H and O–H groups in total. The molecule has 9 heteroatoms. The molecule has 0 unspecified atom stereocenters. The summed E-state index contributed by atoms with van der Waals surface area (Å²) < 4.78 is 41.8. The number of hydrogen-bond donors (Lipinski definition) is 1. The third-order valence-corrected chi connectivity index (χ3v) is 5.73. The fourth-order valence-electron chi connectivity index (χ4n) is 3.09. The summed E-state index contributed by atoms with van der Waals surface area (Å²) in [7, 11) is -0.777. The van der Waals surface area contributed by atoms with Gasteiger partial charge < -0.3 is 19.5 Å². The number of carbonyl (C=O) groups is 1. The van der Waals surface area contributed by atoms with Crippen molar-refractivity contribution in [3.8, 4) is 17.2 Å². The van der Waals surface area contributed by atoms with E-state index < -0.39 is 15.9 Å². The Morgan fingerprint density at radius 2 is 1.69 bits per heavy atom. The molecule has 1 amide bonds. The van der Waals surface area contributed by atoms with Crippen LogP contribution in [0.2, 0.25) is 0 Å². The minimum atomic E-state index is -3.71. The maximum atomic E-state index is 12.5. The fourth-order valence-corrected chi connectivity index (χ4v) is 3.95. The average molecular weight is 465 g/mol. The van der Waals surface area contributed by atoms with Crippen molar-refractivity contribution in [3.05, 3.63) is 48.0 Å². The monoisotopic (exact) mass is 464 g/mol. The van der Waals surface area contributed by atoms with Crippen LogP contribution in [0.5, 0.6) is 17.2 Å². The first-order valence-corrected chi connectivity index (χ1v) is 12.2. The highest BCUT2D eigenvalue weighted by atomic mass is 32.2.